The summed E-state index contributed by atoms with van der Waals surface area (Å²) in [5.74, 6) is 2.86. The van der Waals surface area contributed by atoms with Crippen LogP contribution in [0.3, 0.4) is 0 Å². The third-order valence-electron chi connectivity index (χ3n) is 4.39. The topological polar surface area (TPSA) is 53.0 Å². The van der Waals surface area contributed by atoms with Gasteiger partial charge in [-0.25, -0.2) is 4.98 Å². The first-order chi connectivity index (χ1) is 12.8. The van der Waals surface area contributed by atoms with E-state index in [0.717, 1.165) is 43.7 Å². The Hall–Kier alpha value is -2.03. The molecule has 146 valence electrons. The van der Waals surface area contributed by atoms with Crippen LogP contribution in [0.25, 0.3) is 0 Å². The Labute approximate surface area is 178 Å². The molecule has 1 N–H and O–H groups in total. The van der Waals surface area contributed by atoms with Gasteiger partial charge in [0.05, 0.1) is 6.54 Å². The smallest absolute Gasteiger partial charge is 0.193 e. The first-order valence-corrected chi connectivity index (χ1v) is 9.09. The molecule has 0 amide bonds. The van der Waals surface area contributed by atoms with E-state index in [1.165, 1.54) is 0 Å². The zero-order valence-corrected chi connectivity index (χ0v) is 18.2. The van der Waals surface area contributed by atoms with Gasteiger partial charge < -0.3 is 19.9 Å². The number of nitrogens with zero attached hydrogens (tertiary/aromatic N) is 4. The number of pyridine rings is 1. The number of ether oxygens (including phenoxy) is 1. The molecule has 2 heterocycles. The molecule has 3 rings (SSSR count). The van der Waals surface area contributed by atoms with Crippen LogP contribution in [0.5, 0.6) is 5.75 Å². The fourth-order valence-electron chi connectivity index (χ4n) is 3.03. The van der Waals surface area contributed by atoms with Gasteiger partial charge in [0, 0.05) is 39.4 Å². The van der Waals surface area contributed by atoms with Crippen LogP contribution < -0.4 is 15.0 Å². The summed E-state index contributed by atoms with van der Waals surface area (Å²) in [6, 6.07) is 15.9. The molecule has 1 unspecified atom stereocenters. The van der Waals surface area contributed by atoms with Gasteiger partial charge in [0.1, 0.15) is 17.7 Å². The minimum absolute atomic E-state index is 0. The average Bonchev–Trinajstić information content (AvgIpc) is 2.70. The molecule has 0 saturated carbocycles. The van der Waals surface area contributed by atoms with Crippen LogP contribution in [-0.4, -0.2) is 61.7 Å². The average molecular weight is 481 g/mol. The number of nitrogens with one attached hydrogen (secondary N) is 1. The molecule has 1 saturated heterocycles. The molecular weight excluding hydrogens is 453 g/mol. The second-order valence-electron chi connectivity index (χ2n) is 6.33. The summed E-state index contributed by atoms with van der Waals surface area (Å²) < 4.78 is 5.92. The molecule has 2 aromatic rings. The van der Waals surface area contributed by atoms with Gasteiger partial charge >= 0.3 is 0 Å². The highest BCUT2D eigenvalue weighted by molar-refractivity contribution is 14.0. The van der Waals surface area contributed by atoms with Crippen molar-refractivity contribution in [3.63, 3.8) is 0 Å². The highest BCUT2D eigenvalue weighted by Crippen LogP contribution is 2.13. The Balaban J connectivity index is 0.00000261. The number of aromatic nitrogens is 1. The Bertz CT molecular complexity index is 690. The van der Waals surface area contributed by atoms with Crippen molar-refractivity contribution < 1.29 is 4.74 Å². The zero-order valence-electron chi connectivity index (χ0n) is 15.9. The summed E-state index contributed by atoms with van der Waals surface area (Å²) >= 11 is 0. The molecule has 0 bridgehead atoms. The van der Waals surface area contributed by atoms with E-state index in [2.05, 4.69) is 38.1 Å². The van der Waals surface area contributed by atoms with Gasteiger partial charge in [0.2, 0.25) is 0 Å². The summed E-state index contributed by atoms with van der Waals surface area (Å²) in [5.41, 5.74) is 0. The number of hydrogen-bond donors (Lipinski definition) is 1. The number of piperazine rings is 1. The highest BCUT2D eigenvalue weighted by Gasteiger charge is 2.20. The SMILES string of the molecule is CN=C(NCC(C)Oc1ccccc1)N1CCN(c2ccccn2)CC1.I. The Kier molecular flexibility index (Phi) is 8.63. The van der Waals surface area contributed by atoms with Gasteiger partial charge in [-0.1, -0.05) is 24.3 Å². The number of aliphatic imine (C=N–C) groups is 1. The van der Waals surface area contributed by atoms with Crippen molar-refractivity contribution in [2.24, 2.45) is 4.99 Å². The van der Waals surface area contributed by atoms with Crippen molar-refractivity contribution in [2.45, 2.75) is 13.0 Å². The van der Waals surface area contributed by atoms with Crippen LogP contribution in [-0.2, 0) is 0 Å². The van der Waals surface area contributed by atoms with Crippen molar-refractivity contribution in [1.82, 2.24) is 15.2 Å². The molecule has 1 aliphatic heterocycles. The lowest BCUT2D eigenvalue weighted by Gasteiger charge is -2.37. The molecule has 1 atom stereocenters. The van der Waals surface area contributed by atoms with Crippen LogP contribution in [0.4, 0.5) is 5.82 Å². The number of guanidine groups is 1. The van der Waals surface area contributed by atoms with Gasteiger partial charge in [-0.3, -0.25) is 4.99 Å². The summed E-state index contributed by atoms with van der Waals surface area (Å²) in [7, 11) is 1.83. The van der Waals surface area contributed by atoms with Crippen molar-refractivity contribution in [3.05, 3.63) is 54.7 Å². The first kappa shape index (κ1) is 21.3. The van der Waals surface area contributed by atoms with E-state index in [0.29, 0.717) is 6.54 Å². The van der Waals surface area contributed by atoms with Crippen LogP contribution in [0.2, 0.25) is 0 Å². The standard InChI is InChI=1S/C20H27N5O.HI/c1-17(26-18-8-4-3-5-9-18)16-23-20(21-2)25-14-12-24(13-15-25)19-10-6-7-11-22-19;/h3-11,17H,12-16H2,1-2H3,(H,21,23);1H. The van der Waals surface area contributed by atoms with Crippen molar-refractivity contribution in [2.75, 3.05) is 44.7 Å². The van der Waals surface area contributed by atoms with Gasteiger partial charge in [0.25, 0.3) is 0 Å². The molecule has 1 fully saturated rings. The highest BCUT2D eigenvalue weighted by atomic mass is 127. The molecule has 27 heavy (non-hydrogen) atoms. The quantitative estimate of drug-likeness (QED) is 0.405. The molecule has 1 aliphatic rings. The number of anilines is 1. The molecule has 0 aliphatic carbocycles. The minimum atomic E-state index is 0. The largest absolute Gasteiger partial charge is 0.489 e. The van der Waals surface area contributed by atoms with Crippen molar-refractivity contribution >= 4 is 35.8 Å². The Morgan fingerprint density at radius 1 is 1.11 bits per heavy atom. The fraction of sp³-hybridized carbons (Fsp3) is 0.400. The van der Waals surface area contributed by atoms with Crippen LogP contribution >= 0.6 is 24.0 Å². The normalized spacial score (nSPS) is 15.7. The maximum Gasteiger partial charge on any atom is 0.193 e. The number of rotatable bonds is 5. The third kappa shape index (κ3) is 6.27. The summed E-state index contributed by atoms with van der Waals surface area (Å²) in [4.78, 5) is 13.5. The maximum absolute atomic E-state index is 5.92. The number of para-hydroxylation sites is 1. The number of benzene rings is 1. The van der Waals surface area contributed by atoms with Crippen LogP contribution in [0, 0.1) is 0 Å². The van der Waals surface area contributed by atoms with E-state index >= 15 is 0 Å². The van der Waals surface area contributed by atoms with Crippen LogP contribution in [0.15, 0.2) is 59.7 Å². The predicted molar refractivity (Wildman–Crippen MR) is 121 cm³/mol. The summed E-state index contributed by atoms with van der Waals surface area (Å²) in [5, 5.41) is 3.43. The lowest BCUT2D eigenvalue weighted by molar-refractivity contribution is 0.221. The molecule has 6 nitrogen and oxygen atoms in total. The van der Waals surface area contributed by atoms with E-state index < -0.39 is 0 Å². The van der Waals surface area contributed by atoms with Crippen molar-refractivity contribution in [3.8, 4) is 5.75 Å². The molecule has 7 heteroatoms. The second kappa shape index (κ2) is 11.0. The summed E-state index contributed by atoms with van der Waals surface area (Å²) in [6.45, 7) is 6.49. The van der Waals surface area contributed by atoms with Crippen LogP contribution in [0.1, 0.15) is 6.92 Å². The predicted octanol–water partition coefficient (Wildman–Crippen LogP) is 2.86. The molecular formula is C20H28IN5O. The molecule has 1 aromatic heterocycles. The fourth-order valence-corrected chi connectivity index (χ4v) is 3.03. The first-order valence-electron chi connectivity index (χ1n) is 9.09. The van der Waals surface area contributed by atoms with E-state index in [1.54, 1.807) is 0 Å². The maximum atomic E-state index is 5.92. The van der Waals surface area contributed by atoms with E-state index in [4.69, 9.17) is 4.74 Å². The van der Waals surface area contributed by atoms with E-state index in [1.807, 2.05) is 55.7 Å². The Morgan fingerprint density at radius 3 is 2.44 bits per heavy atom. The van der Waals surface area contributed by atoms with Gasteiger partial charge in [-0.15, -0.1) is 24.0 Å². The van der Waals surface area contributed by atoms with Gasteiger partial charge in [0.15, 0.2) is 5.96 Å². The zero-order chi connectivity index (χ0) is 18.2. The minimum Gasteiger partial charge on any atom is -0.489 e. The van der Waals surface area contributed by atoms with Gasteiger partial charge in [-0.05, 0) is 31.2 Å². The summed E-state index contributed by atoms with van der Waals surface area (Å²) in [6.07, 6.45) is 1.90. The Morgan fingerprint density at radius 2 is 1.81 bits per heavy atom. The monoisotopic (exact) mass is 481 g/mol. The molecule has 1 aromatic carbocycles. The second-order valence-corrected chi connectivity index (χ2v) is 6.33. The van der Waals surface area contributed by atoms with E-state index in [-0.39, 0.29) is 30.1 Å². The number of halogens is 1. The molecule has 0 spiro atoms. The van der Waals surface area contributed by atoms with E-state index in [9.17, 15) is 0 Å². The molecule has 0 radical (unpaired) electrons. The van der Waals surface area contributed by atoms with Crippen molar-refractivity contribution in [1.29, 1.82) is 0 Å². The number of hydrogen-bond acceptors (Lipinski definition) is 4. The lowest BCUT2D eigenvalue weighted by atomic mass is 10.3. The third-order valence-corrected chi connectivity index (χ3v) is 4.39. The van der Waals surface area contributed by atoms with Gasteiger partial charge in [-0.2, -0.15) is 0 Å². The lowest BCUT2D eigenvalue weighted by Crippen LogP contribution is -2.53.